The van der Waals surface area contributed by atoms with Crippen molar-refractivity contribution in [2.24, 2.45) is 0 Å². The summed E-state index contributed by atoms with van der Waals surface area (Å²) in [7, 11) is 0. The number of carbonyl (C=O) groups is 2. The van der Waals surface area contributed by atoms with Crippen molar-refractivity contribution in [2.45, 2.75) is 62.6 Å². The lowest BCUT2D eigenvalue weighted by molar-refractivity contribution is 0.0202. The first-order valence-corrected chi connectivity index (χ1v) is 12.6. The zero-order chi connectivity index (χ0) is 25.0. The SMILES string of the molecule is O=C(O)c1ncc(N2[C@@H]3CC[C@H]2CC(OC(=O)c2c(-c4c(Cl)cccc4Cl)noc2C2CC2)C3)cn1. The van der Waals surface area contributed by atoms with Gasteiger partial charge in [0, 0.05) is 36.4 Å². The molecule has 1 unspecified atom stereocenters. The molecule has 3 atom stereocenters. The largest absolute Gasteiger partial charge is 0.475 e. The zero-order valence-electron chi connectivity index (χ0n) is 19.1. The van der Waals surface area contributed by atoms with Crippen LogP contribution in [-0.4, -0.2) is 50.4 Å². The number of nitrogens with zero attached hydrogens (tertiary/aromatic N) is 4. The van der Waals surface area contributed by atoms with Gasteiger partial charge >= 0.3 is 11.9 Å². The molecule has 186 valence electrons. The minimum absolute atomic E-state index is 0.141. The molecule has 3 aliphatic rings. The number of esters is 1. The summed E-state index contributed by atoms with van der Waals surface area (Å²) >= 11 is 12.8. The van der Waals surface area contributed by atoms with Gasteiger partial charge in [-0.15, -0.1) is 0 Å². The first-order valence-electron chi connectivity index (χ1n) is 11.9. The van der Waals surface area contributed by atoms with Crippen LogP contribution in [0.25, 0.3) is 11.3 Å². The molecule has 0 spiro atoms. The molecular weight excluding hydrogens is 507 g/mol. The average molecular weight is 529 g/mol. The smallest absolute Gasteiger partial charge is 0.373 e. The Kier molecular flexibility index (Phi) is 5.84. The lowest BCUT2D eigenvalue weighted by Gasteiger charge is -2.39. The van der Waals surface area contributed by atoms with E-state index in [0.717, 1.165) is 31.4 Å². The molecule has 2 aliphatic heterocycles. The highest BCUT2D eigenvalue weighted by Crippen LogP contribution is 2.47. The number of benzene rings is 1. The van der Waals surface area contributed by atoms with E-state index in [1.165, 1.54) is 0 Å². The van der Waals surface area contributed by atoms with Crippen molar-refractivity contribution >= 4 is 40.8 Å². The molecule has 4 heterocycles. The van der Waals surface area contributed by atoms with E-state index in [0.29, 0.717) is 45.5 Å². The van der Waals surface area contributed by atoms with Crippen LogP contribution in [0.3, 0.4) is 0 Å². The number of rotatable bonds is 6. The summed E-state index contributed by atoms with van der Waals surface area (Å²) in [5, 5.41) is 14.0. The van der Waals surface area contributed by atoms with Crippen molar-refractivity contribution in [3.8, 4) is 11.3 Å². The van der Waals surface area contributed by atoms with Crippen molar-refractivity contribution in [1.82, 2.24) is 15.1 Å². The van der Waals surface area contributed by atoms with Crippen LogP contribution in [0.4, 0.5) is 5.69 Å². The number of fused-ring (bicyclic) bond motifs is 2. The molecule has 3 aromatic rings. The van der Waals surface area contributed by atoms with E-state index in [2.05, 4.69) is 20.0 Å². The molecular formula is C25H22Cl2N4O5. The zero-order valence-corrected chi connectivity index (χ0v) is 20.6. The molecule has 2 aromatic heterocycles. The first-order chi connectivity index (χ1) is 17.4. The molecule has 9 nitrogen and oxygen atoms in total. The Balaban J connectivity index is 1.23. The van der Waals surface area contributed by atoms with E-state index in [1.807, 2.05) is 0 Å². The predicted molar refractivity (Wildman–Crippen MR) is 131 cm³/mol. The third-order valence-electron chi connectivity index (χ3n) is 7.16. The number of hydrogen-bond acceptors (Lipinski definition) is 8. The summed E-state index contributed by atoms with van der Waals surface area (Å²) in [6.45, 7) is 0. The summed E-state index contributed by atoms with van der Waals surface area (Å²) < 4.78 is 11.7. The van der Waals surface area contributed by atoms with E-state index >= 15 is 0 Å². The van der Waals surface area contributed by atoms with Gasteiger partial charge in [0.25, 0.3) is 0 Å². The molecule has 2 saturated heterocycles. The average Bonchev–Trinajstić information content (AvgIpc) is 3.55. The van der Waals surface area contributed by atoms with Gasteiger partial charge in [-0.1, -0.05) is 34.4 Å². The molecule has 2 bridgehead atoms. The molecule has 1 saturated carbocycles. The van der Waals surface area contributed by atoms with Gasteiger partial charge in [-0.2, -0.15) is 0 Å². The van der Waals surface area contributed by atoms with Gasteiger partial charge in [-0.05, 0) is 37.8 Å². The molecule has 0 radical (unpaired) electrons. The summed E-state index contributed by atoms with van der Waals surface area (Å²) in [4.78, 5) is 34.8. The number of aromatic carboxylic acids is 1. The molecule has 1 N–H and O–H groups in total. The monoisotopic (exact) mass is 528 g/mol. The standard InChI is InChI=1S/C25H22Cl2N4O5/c26-17-2-1-3-18(27)19(17)21-20(22(36-30-21)12-4-5-12)25(34)35-16-8-13-6-7-14(9-16)31(13)15-10-28-23(24(32)33)29-11-15/h1-3,10-14,16H,4-9H2,(H,32,33)/t13-,14+,16?. The van der Waals surface area contributed by atoms with Crippen LogP contribution in [0.2, 0.25) is 10.0 Å². The van der Waals surface area contributed by atoms with Crippen LogP contribution in [-0.2, 0) is 4.74 Å². The van der Waals surface area contributed by atoms with E-state index < -0.39 is 11.9 Å². The number of carboxylic acids is 1. The number of piperidine rings is 1. The maximum atomic E-state index is 13.5. The van der Waals surface area contributed by atoms with Crippen molar-refractivity contribution in [1.29, 1.82) is 0 Å². The highest BCUT2D eigenvalue weighted by molar-refractivity contribution is 6.39. The number of hydrogen-bond donors (Lipinski definition) is 1. The van der Waals surface area contributed by atoms with Gasteiger partial charge in [0.15, 0.2) is 5.76 Å². The normalized spacial score (nSPS) is 23.1. The summed E-state index contributed by atoms with van der Waals surface area (Å²) in [5.74, 6) is -1.20. The Hall–Kier alpha value is -3.17. The van der Waals surface area contributed by atoms with Gasteiger partial charge < -0.3 is 19.3 Å². The van der Waals surface area contributed by atoms with Gasteiger partial charge in [-0.25, -0.2) is 19.6 Å². The first kappa shape index (κ1) is 23.2. The van der Waals surface area contributed by atoms with Gasteiger partial charge in [0.1, 0.15) is 17.4 Å². The second-order valence-electron chi connectivity index (χ2n) is 9.50. The van der Waals surface area contributed by atoms with Crippen LogP contribution < -0.4 is 4.90 Å². The Bertz CT molecular complexity index is 1310. The highest BCUT2D eigenvalue weighted by atomic mass is 35.5. The number of carbonyl (C=O) groups excluding carboxylic acids is 1. The van der Waals surface area contributed by atoms with E-state index in [1.54, 1.807) is 30.6 Å². The summed E-state index contributed by atoms with van der Waals surface area (Å²) in [5.41, 5.74) is 1.86. The fraction of sp³-hybridized carbons (Fsp3) is 0.400. The quantitative estimate of drug-likeness (QED) is 0.421. The minimum Gasteiger partial charge on any atom is -0.475 e. The van der Waals surface area contributed by atoms with E-state index in [4.69, 9.17) is 37.6 Å². The maximum Gasteiger partial charge on any atom is 0.373 e. The third-order valence-corrected chi connectivity index (χ3v) is 7.79. The predicted octanol–water partition coefficient (Wildman–Crippen LogP) is 5.37. The Morgan fingerprint density at radius 2 is 1.67 bits per heavy atom. The summed E-state index contributed by atoms with van der Waals surface area (Å²) in [6, 6.07) is 5.41. The topological polar surface area (TPSA) is 119 Å². The maximum absolute atomic E-state index is 13.5. The number of carboxylic acid groups (broad SMARTS) is 1. The number of aromatic nitrogens is 3. The van der Waals surface area contributed by atoms with Crippen LogP contribution in [0.1, 0.15) is 71.2 Å². The Morgan fingerprint density at radius 3 is 2.25 bits per heavy atom. The van der Waals surface area contributed by atoms with Crippen molar-refractivity contribution in [2.75, 3.05) is 4.90 Å². The van der Waals surface area contributed by atoms with E-state index in [-0.39, 0.29) is 29.9 Å². The van der Waals surface area contributed by atoms with Crippen molar-refractivity contribution < 1.29 is 24.0 Å². The molecule has 0 amide bonds. The lowest BCUT2D eigenvalue weighted by Crippen LogP contribution is -2.46. The third kappa shape index (κ3) is 4.10. The lowest BCUT2D eigenvalue weighted by atomic mass is 9.98. The summed E-state index contributed by atoms with van der Waals surface area (Å²) in [6.07, 6.45) is 7.86. The Morgan fingerprint density at radius 1 is 1.03 bits per heavy atom. The second-order valence-corrected chi connectivity index (χ2v) is 10.3. The number of ether oxygens (including phenoxy) is 1. The van der Waals surface area contributed by atoms with E-state index in [9.17, 15) is 9.59 Å². The molecule has 11 heteroatoms. The van der Waals surface area contributed by atoms with Crippen LogP contribution in [0.15, 0.2) is 35.1 Å². The fourth-order valence-electron chi connectivity index (χ4n) is 5.44. The van der Waals surface area contributed by atoms with Gasteiger partial charge in [0.05, 0.1) is 28.1 Å². The van der Waals surface area contributed by atoms with Crippen LogP contribution >= 0.6 is 23.2 Å². The number of halogens is 2. The second kappa shape index (κ2) is 9.05. The van der Waals surface area contributed by atoms with Crippen molar-refractivity contribution in [3.05, 3.63) is 57.8 Å². The molecule has 1 aromatic carbocycles. The fourth-order valence-corrected chi connectivity index (χ4v) is 6.02. The number of anilines is 1. The molecule has 36 heavy (non-hydrogen) atoms. The highest BCUT2D eigenvalue weighted by Gasteiger charge is 2.44. The molecule has 1 aliphatic carbocycles. The van der Waals surface area contributed by atoms with Gasteiger partial charge in [0.2, 0.25) is 5.82 Å². The molecule has 3 fully saturated rings. The van der Waals surface area contributed by atoms with Crippen LogP contribution in [0, 0.1) is 0 Å². The minimum atomic E-state index is -1.16. The van der Waals surface area contributed by atoms with Crippen molar-refractivity contribution in [3.63, 3.8) is 0 Å². The van der Waals surface area contributed by atoms with Gasteiger partial charge in [-0.3, -0.25) is 0 Å². The van der Waals surface area contributed by atoms with Crippen LogP contribution in [0.5, 0.6) is 0 Å². The Labute approximate surface area is 216 Å². The molecule has 6 rings (SSSR count).